The third kappa shape index (κ3) is 6.31. The minimum atomic E-state index is -4.66. The van der Waals surface area contributed by atoms with E-state index in [4.69, 9.17) is 11.6 Å². The van der Waals surface area contributed by atoms with E-state index in [2.05, 4.69) is 5.32 Å². The molecule has 2 amide bonds. The molecular formula is C17H21ClF3N3O4S. The molecule has 12 heteroatoms. The zero-order chi connectivity index (χ0) is 22.0. The number of likely N-dealkylation sites (N-methyl/N-ethyl adjacent to an activating group) is 1. The van der Waals surface area contributed by atoms with Crippen molar-refractivity contribution in [2.75, 3.05) is 38.3 Å². The lowest BCUT2D eigenvalue weighted by molar-refractivity contribution is -0.138. The van der Waals surface area contributed by atoms with E-state index in [1.165, 1.54) is 22.3 Å². The van der Waals surface area contributed by atoms with Crippen LogP contribution in [0.3, 0.4) is 0 Å². The van der Waals surface area contributed by atoms with Gasteiger partial charge in [-0.05, 0) is 31.0 Å². The minimum absolute atomic E-state index is 0.0889. The Morgan fingerprint density at radius 3 is 2.38 bits per heavy atom. The monoisotopic (exact) mass is 455 g/mol. The summed E-state index contributed by atoms with van der Waals surface area (Å²) in [7, 11) is -1.90. The third-order valence-corrected chi connectivity index (χ3v) is 6.22. The Morgan fingerprint density at radius 1 is 1.28 bits per heavy atom. The predicted octanol–water partition coefficient (Wildman–Crippen LogP) is 2.43. The van der Waals surface area contributed by atoms with Crippen molar-refractivity contribution < 1.29 is 31.2 Å². The van der Waals surface area contributed by atoms with Gasteiger partial charge in [0.1, 0.15) is 0 Å². The van der Waals surface area contributed by atoms with Crippen molar-refractivity contribution in [2.24, 2.45) is 5.92 Å². The second kappa shape index (κ2) is 8.88. The van der Waals surface area contributed by atoms with Crippen molar-refractivity contribution in [3.63, 3.8) is 0 Å². The number of hydrogen-bond donors (Lipinski definition) is 1. The summed E-state index contributed by atoms with van der Waals surface area (Å²) in [6, 6.07) is 2.99. The number of nitrogens with zero attached hydrogens (tertiary/aromatic N) is 2. The van der Waals surface area contributed by atoms with E-state index in [0.29, 0.717) is 12.8 Å². The molecule has 1 aromatic rings. The molecule has 0 radical (unpaired) electrons. The molecule has 1 aliphatic rings. The van der Waals surface area contributed by atoms with Crippen molar-refractivity contribution in [2.45, 2.75) is 19.0 Å². The second-order valence-corrected chi connectivity index (χ2v) is 9.26. The van der Waals surface area contributed by atoms with Gasteiger partial charge in [-0.1, -0.05) is 11.6 Å². The van der Waals surface area contributed by atoms with E-state index in [-0.39, 0.29) is 31.2 Å². The van der Waals surface area contributed by atoms with E-state index < -0.39 is 38.6 Å². The summed E-state index contributed by atoms with van der Waals surface area (Å²) in [6.07, 6.45) is -2.88. The minimum Gasteiger partial charge on any atom is -0.336 e. The number of benzene rings is 1. The van der Waals surface area contributed by atoms with Crippen LogP contribution in [0.2, 0.25) is 5.02 Å². The number of amides is 2. The molecule has 1 aliphatic heterocycles. The SMILES string of the molecule is CN(CC(=O)Nc1ccc(Cl)c(C(F)(F)F)c1)C(=O)C1CCN(S(C)(=O)=O)CC1. The highest BCUT2D eigenvalue weighted by molar-refractivity contribution is 7.88. The number of carbonyl (C=O) groups is 2. The van der Waals surface area contributed by atoms with Gasteiger partial charge in [-0.3, -0.25) is 9.59 Å². The molecule has 7 nitrogen and oxygen atoms in total. The maximum absolute atomic E-state index is 12.9. The Labute approximate surface area is 171 Å². The summed E-state index contributed by atoms with van der Waals surface area (Å²) in [4.78, 5) is 25.8. The molecule has 29 heavy (non-hydrogen) atoms. The van der Waals surface area contributed by atoms with Crippen LogP contribution in [0.15, 0.2) is 18.2 Å². The van der Waals surface area contributed by atoms with Crippen LogP contribution >= 0.6 is 11.6 Å². The highest BCUT2D eigenvalue weighted by Crippen LogP contribution is 2.36. The average Bonchev–Trinajstić information content (AvgIpc) is 2.61. The van der Waals surface area contributed by atoms with E-state index >= 15 is 0 Å². The lowest BCUT2D eigenvalue weighted by atomic mass is 9.96. The van der Waals surface area contributed by atoms with E-state index in [1.807, 2.05) is 0 Å². The molecule has 1 N–H and O–H groups in total. The number of piperidine rings is 1. The van der Waals surface area contributed by atoms with E-state index in [0.717, 1.165) is 18.4 Å². The standard InChI is InChI=1S/C17H21ClF3N3O4S/c1-23(16(26)11-5-7-24(8-6-11)29(2,27)28)10-15(25)22-12-3-4-14(18)13(9-12)17(19,20)21/h3-4,9,11H,5-8,10H2,1-2H3,(H,22,25). The number of nitrogens with one attached hydrogen (secondary N) is 1. The van der Waals surface area contributed by atoms with Crippen molar-refractivity contribution >= 4 is 39.1 Å². The second-order valence-electron chi connectivity index (χ2n) is 6.87. The van der Waals surface area contributed by atoms with Crippen LogP contribution in [0.1, 0.15) is 18.4 Å². The van der Waals surface area contributed by atoms with Gasteiger partial charge in [-0.2, -0.15) is 13.2 Å². The Morgan fingerprint density at radius 2 is 1.86 bits per heavy atom. The molecule has 0 unspecified atom stereocenters. The number of alkyl halides is 3. The highest BCUT2D eigenvalue weighted by Gasteiger charge is 2.34. The number of carbonyl (C=O) groups excluding carboxylic acids is 2. The van der Waals surface area contributed by atoms with Gasteiger partial charge in [-0.25, -0.2) is 12.7 Å². The van der Waals surface area contributed by atoms with Gasteiger partial charge in [0, 0.05) is 31.7 Å². The van der Waals surface area contributed by atoms with Crippen LogP contribution in [0.25, 0.3) is 0 Å². The van der Waals surface area contributed by atoms with Crippen molar-refractivity contribution in [1.82, 2.24) is 9.21 Å². The van der Waals surface area contributed by atoms with E-state index in [1.54, 1.807) is 0 Å². The Bertz CT molecular complexity index is 884. The number of anilines is 1. The fourth-order valence-corrected chi connectivity index (χ4v) is 4.16. The summed E-state index contributed by atoms with van der Waals surface area (Å²) in [5, 5.41) is 1.84. The highest BCUT2D eigenvalue weighted by atomic mass is 35.5. The quantitative estimate of drug-likeness (QED) is 0.738. The molecule has 0 aromatic heterocycles. The number of hydrogen-bond acceptors (Lipinski definition) is 4. The normalized spacial score (nSPS) is 16.5. The fourth-order valence-electron chi connectivity index (χ4n) is 3.06. The first-order chi connectivity index (χ1) is 13.3. The van der Waals surface area contributed by atoms with Gasteiger partial charge in [0.15, 0.2) is 0 Å². The Balaban J connectivity index is 1.93. The first-order valence-corrected chi connectivity index (χ1v) is 10.9. The topological polar surface area (TPSA) is 86.8 Å². The Kier molecular flexibility index (Phi) is 7.18. The van der Waals surface area contributed by atoms with Crippen molar-refractivity contribution in [3.05, 3.63) is 28.8 Å². The molecule has 0 aliphatic carbocycles. The molecule has 0 spiro atoms. The van der Waals surface area contributed by atoms with Crippen LogP contribution in [-0.4, -0.2) is 62.4 Å². The van der Waals surface area contributed by atoms with Crippen LogP contribution in [0, 0.1) is 5.92 Å². The molecule has 1 heterocycles. The lowest BCUT2D eigenvalue weighted by Crippen LogP contribution is -2.44. The van der Waals surface area contributed by atoms with Gasteiger partial charge in [0.2, 0.25) is 21.8 Å². The van der Waals surface area contributed by atoms with Crippen LogP contribution in [-0.2, 0) is 25.8 Å². The summed E-state index contributed by atoms with van der Waals surface area (Å²) in [5.74, 6) is -1.40. The third-order valence-electron chi connectivity index (χ3n) is 4.58. The largest absolute Gasteiger partial charge is 0.417 e. The first-order valence-electron chi connectivity index (χ1n) is 8.65. The molecule has 1 saturated heterocycles. The van der Waals surface area contributed by atoms with E-state index in [9.17, 15) is 31.2 Å². The Hall–Kier alpha value is -1.85. The summed E-state index contributed by atoms with van der Waals surface area (Å²) in [5.41, 5.74) is -1.16. The maximum atomic E-state index is 12.9. The number of halogens is 4. The molecule has 0 atom stereocenters. The van der Waals surface area contributed by atoms with Crippen LogP contribution in [0.4, 0.5) is 18.9 Å². The molecular weight excluding hydrogens is 435 g/mol. The van der Waals surface area contributed by atoms with Gasteiger partial charge >= 0.3 is 6.18 Å². The summed E-state index contributed by atoms with van der Waals surface area (Å²) in [6.45, 7) is 0.0929. The summed E-state index contributed by atoms with van der Waals surface area (Å²) >= 11 is 5.54. The summed E-state index contributed by atoms with van der Waals surface area (Å²) < 4.78 is 63.0. The molecule has 0 bridgehead atoms. The van der Waals surface area contributed by atoms with Crippen LogP contribution < -0.4 is 5.32 Å². The molecule has 1 aromatic carbocycles. The molecule has 162 valence electrons. The van der Waals surface area contributed by atoms with Gasteiger partial charge in [0.25, 0.3) is 0 Å². The maximum Gasteiger partial charge on any atom is 0.417 e. The first kappa shape index (κ1) is 23.4. The molecule has 2 rings (SSSR count). The number of sulfonamides is 1. The predicted molar refractivity (Wildman–Crippen MR) is 102 cm³/mol. The van der Waals surface area contributed by atoms with Gasteiger partial charge in [0.05, 0.1) is 23.4 Å². The van der Waals surface area contributed by atoms with Gasteiger partial charge in [-0.15, -0.1) is 0 Å². The average molecular weight is 456 g/mol. The van der Waals surface area contributed by atoms with Crippen molar-refractivity contribution in [3.8, 4) is 0 Å². The zero-order valence-electron chi connectivity index (χ0n) is 15.8. The molecule has 0 saturated carbocycles. The smallest absolute Gasteiger partial charge is 0.336 e. The van der Waals surface area contributed by atoms with Crippen molar-refractivity contribution in [1.29, 1.82) is 0 Å². The lowest BCUT2D eigenvalue weighted by Gasteiger charge is -2.31. The van der Waals surface area contributed by atoms with Gasteiger partial charge < -0.3 is 10.2 Å². The van der Waals surface area contributed by atoms with Crippen LogP contribution in [0.5, 0.6) is 0 Å². The fraction of sp³-hybridized carbons (Fsp3) is 0.529. The molecule has 1 fully saturated rings. The number of rotatable bonds is 5. The zero-order valence-corrected chi connectivity index (χ0v) is 17.4.